The third-order valence-corrected chi connectivity index (χ3v) is 4.84. The number of hydrogen-bond donors (Lipinski definition) is 1. The molecule has 100 valence electrons. The number of hydrogen-bond acceptors (Lipinski definition) is 4. The van der Waals surface area contributed by atoms with E-state index in [4.69, 9.17) is 5.73 Å². The van der Waals surface area contributed by atoms with Gasteiger partial charge in [0.2, 0.25) is 0 Å². The molecule has 7 heteroatoms. The first kappa shape index (κ1) is 15.3. The number of benzene rings is 1. The van der Waals surface area contributed by atoms with Gasteiger partial charge in [-0.3, -0.25) is 14.3 Å². The lowest BCUT2D eigenvalue weighted by molar-refractivity contribution is -0.385. The van der Waals surface area contributed by atoms with E-state index in [1.807, 2.05) is 6.92 Å². The van der Waals surface area contributed by atoms with Crippen molar-refractivity contribution < 1.29 is 9.13 Å². The van der Waals surface area contributed by atoms with Crippen LogP contribution in [0.4, 0.5) is 5.69 Å². The van der Waals surface area contributed by atoms with Crippen molar-refractivity contribution in [1.29, 1.82) is 0 Å². The molecule has 2 atom stereocenters. The number of nitrogens with two attached hydrogens (primary N) is 1. The van der Waals surface area contributed by atoms with Gasteiger partial charge in [-0.1, -0.05) is 19.1 Å². The molecule has 1 aromatic carbocycles. The fourth-order valence-corrected chi connectivity index (χ4v) is 3.56. The largest absolute Gasteiger partial charge is 0.327 e. The number of rotatable bonds is 6. The lowest BCUT2D eigenvalue weighted by atomic mass is 10.2. The summed E-state index contributed by atoms with van der Waals surface area (Å²) in [6.07, 6.45) is 0.766. The first-order chi connectivity index (χ1) is 8.45. The smallest absolute Gasteiger partial charge is 0.283 e. The van der Waals surface area contributed by atoms with E-state index >= 15 is 0 Å². The normalized spacial score (nSPS) is 14.2. The first-order valence-corrected chi connectivity index (χ1v) is 7.76. The number of nitro benzene ring substituents is 1. The molecule has 0 saturated carbocycles. The second-order valence-electron chi connectivity index (χ2n) is 3.93. The van der Waals surface area contributed by atoms with Crippen LogP contribution < -0.4 is 5.73 Å². The summed E-state index contributed by atoms with van der Waals surface area (Å²) in [6.45, 7) is 1.94. The Labute approximate surface area is 116 Å². The van der Waals surface area contributed by atoms with Crippen LogP contribution in [0.3, 0.4) is 0 Å². The van der Waals surface area contributed by atoms with Crippen molar-refractivity contribution >= 4 is 32.4 Å². The zero-order chi connectivity index (χ0) is 13.7. The monoisotopic (exact) mass is 334 g/mol. The molecule has 2 N–H and O–H groups in total. The highest BCUT2D eigenvalue weighted by molar-refractivity contribution is 9.10. The maximum Gasteiger partial charge on any atom is 0.283 e. The van der Waals surface area contributed by atoms with Gasteiger partial charge in [0.15, 0.2) is 0 Å². The molecule has 18 heavy (non-hydrogen) atoms. The van der Waals surface area contributed by atoms with Gasteiger partial charge in [0.25, 0.3) is 5.69 Å². The van der Waals surface area contributed by atoms with Crippen LogP contribution in [0.25, 0.3) is 0 Å². The summed E-state index contributed by atoms with van der Waals surface area (Å²) < 4.78 is 12.3. The third-order valence-electron chi connectivity index (χ3n) is 2.50. The van der Waals surface area contributed by atoms with Crippen LogP contribution in [0.15, 0.2) is 22.7 Å². The molecule has 0 fully saturated rings. The van der Waals surface area contributed by atoms with Gasteiger partial charge < -0.3 is 5.73 Å². The fourth-order valence-electron chi connectivity index (χ4n) is 1.41. The summed E-state index contributed by atoms with van der Waals surface area (Å²) in [5.41, 5.74) is 6.39. The molecule has 0 spiro atoms. The molecule has 0 amide bonds. The van der Waals surface area contributed by atoms with Gasteiger partial charge in [0.05, 0.1) is 9.40 Å². The van der Waals surface area contributed by atoms with Crippen LogP contribution in [0.2, 0.25) is 0 Å². The Hall–Kier alpha value is -0.790. The number of nitro groups is 1. The molecular formula is C11H15BrN2O3S. The van der Waals surface area contributed by atoms with Gasteiger partial charge in [0, 0.05) is 34.4 Å². The van der Waals surface area contributed by atoms with Crippen LogP contribution in [-0.4, -0.2) is 20.9 Å². The van der Waals surface area contributed by atoms with E-state index in [0.717, 1.165) is 6.42 Å². The highest BCUT2D eigenvalue weighted by Crippen LogP contribution is 2.29. The van der Waals surface area contributed by atoms with Gasteiger partial charge in [-0.05, 0) is 27.9 Å². The van der Waals surface area contributed by atoms with Gasteiger partial charge >= 0.3 is 0 Å². The number of halogens is 1. The second-order valence-corrected chi connectivity index (χ2v) is 6.22. The summed E-state index contributed by atoms with van der Waals surface area (Å²) in [4.78, 5) is 10.3. The summed E-state index contributed by atoms with van der Waals surface area (Å²) in [7, 11) is -1.11. The quantitative estimate of drug-likeness (QED) is 0.639. The summed E-state index contributed by atoms with van der Waals surface area (Å²) in [6, 6.07) is 4.64. The van der Waals surface area contributed by atoms with E-state index in [1.165, 1.54) is 6.07 Å². The van der Waals surface area contributed by atoms with Crippen LogP contribution in [-0.2, 0) is 16.6 Å². The highest BCUT2D eigenvalue weighted by Gasteiger charge is 2.16. The van der Waals surface area contributed by atoms with Crippen molar-refractivity contribution in [2.75, 3.05) is 5.75 Å². The maximum atomic E-state index is 11.9. The third kappa shape index (κ3) is 4.15. The van der Waals surface area contributed by atoms with E-state index in [9.17, 15) is 14.3 Å². The Bertz CT molecular complexity index is 468. The van der Waals surface area contributed by atoms with Gasteiger partial charge in [-0.15, -0.1) is 0 Å². The Morgan fingerprint density at radius 2 is 2.22 bits per heavy atom. The molecule has 0 saturated heterocycles. The van der Waals surface area contributed by atoms with Crippen molar-refractivity contribution in [2.45, 2.75) is 25.1 Å². The first-order valence-electron chi connectivity index (χ1n) is 5.48. The molecule has 0 bridgehead atoms. The topological polar surface area (TPSA) is 86.2 Å². The van der Waals surface area contributed by atoms with E-state index in [0.29, 0.717) is 15.8 Å². The van der Waals surface area contributed by atoms with Gasteiger partial charge in [-0.25, -0.2) is 0 Å². The molecule has 0 aliphatic heterocycles. The molecule has 0 aliphatic carbocycles. The van der Waals surface area contributed by atoms with Crippen molar-refractivity contribution in [3.63, 3.8) is 0 Å². The van der Waals surface area contributed by atoms with Gasteiger partial charge in [-0.2, -0.15) is 0 Å². The summed E-state index contributed by atoms with van der Waals surface area (Å²) >= 11 is 3.19. The fraction of sp³-hybridized carbons (Fsp3) is 0.455. The second kappa shape index (κ2) is 6.96. The lowest BCUT2D eigenvalue weighted by Gasteiger charge is -2.09. The Morgan fingerprint density at radius 1 is 1.56 bits per heavy atom. The molecule has 2 unspecified atom stereocenters. The predicted octanol–water partition coefficient (Wildman–Crippen LogP) is 2.34. The van der Waals surface area contributed by atoms with Crippen LogP contribution >= 0.6 is 15.9 Å². The van der Waals surface area contributed by atoms with Crippen molar-refractivity contribution in [2.24, 2.45) is 5.73 Å². The maximum absolute atomic E-state index is 11.9. The highest BCUT2D eigenvalue weighted by atomic mass is 79.9. The van der Waals surface area contributed by atoms with Crippen molar-refractivity contribution in [3.8, 4) is 0 Å². The molecule has 0 heterocycles. The molecule has 0 aromatic heterocycles. The average Bonchev–Trinajstić information content (AvgIpc) is 2.31. The Balaban J connectivity index is 2.82. The average molecular weight is 335 g/mol. The van der Waals surface area contributed by atoms with E-state index in [-0.39, 0.29) is 17.5 Å². The molecule has 1 rings (SSSR count). The van der Waals surface area contributed by atoms with Crippen LogP contribution in [0, 0.1) is 10.1 Å². The summed E-state index contributed by atoms with van der Waals surface area (Å²) in [5, 5.41) is 10.8. The minimum atomic E-state index is -1.11. The molecule has 1 aromatic rings. The molecular weight excluding hydrogens is 320 g/mol. The van der Waals surface area contributed by atoms with E-state index in [2.05, 4.69) is 15.9 Å². The van der Waals surface area contributed by atoms with Gasteiger partial charge in [0.1, 0.15) is 0 Å². The molecule has 5 nitrogen and oxygen atoms in total. The minimum absolute atomic E-state index is 0.00992. The standard InChI is InChI=1S/C11H15BrN2O3S/c1-2-9(13)7-18(17)6-8-4-3-5-10(11(8)12)14(15)16/h3-5,9H,2,6-7,13H2,1H3. The van der Waals surface area contributed by atoms with E-state index < -0.39 is 15.7 Å². The predicted molar refractivity (Wildman–Crippen MR) is 75.8 cm³/mol. The molecule has 0 radical (unpaired) electrons. The number of nitrogens with zero attached hydrogens (tertiary/aromatic N) is 1. The lowest BCUT2D eigenvalue weighted by Crippen LogP contribution is -2.26. The zero-order valence-corrected chi connectivity index (χ0v) is 12.4. The van der Waals surface area contributed by atoms with Crippen LogP contribution in [0.1, 0.15) is 18.9 Å². The summed E-state index contributed by atoms with van der Waals surface area (Å²) in [5.74, 6) is 0.682. The van der Waals surface area contributed by atoms with Crippen molar-refractivity contribution in [1.82, 2.24) is 0 Å². The Kier molecular flexibility index (Phi) is 5.90. The van der Waals surface area contributed by atoms with Crippen LogP contribution in [0.5, 0.6) is 0 Å². The van der Waals surface area contributed by atoms with Crippen molar-refractivity contribution in [3.05, 3.63) is 38.3 Å². The zero-order valence-electron chi connectivity index (χ0n) is 9.97. The molecule has 0 aliphatic rings. The SMILES string of the molecule is CCC(N)CS(=O)Cc1cccc([N+](=O)[O-])c1Br. The van der Waals surface area contributed by atoms with E-state index in [1.54, 1.807) is 12.1 Å². The minimum Gasteiger partial charge on any atom is -0.327 e. The Morgan fingerprint density at radius 3 is 2.78 bits per heavy atom.